The molecule has 8 N–H and O–H groups in total. The van der Waals surface area contributed by atoms with E-state index in [0.717, 1.165) is 25.3 Å². The smallest absolute Gasteiger partial charge is 0.229 e. The summed E-state index contributed by atoms with van der Waals surface area (Å²) in [6.07, 6.45) is -11.2. The summed E-state index contributed by atoms with van der Waals surface area (Å²) in [4.78, 5) is 12.9. The number of carbonyl (C=O) groups is 1. The Bertz CT molecular complexity index is 1120. The van der Waals surface area contributed by atoms with Crippen LogP contribution in [0, 0.1) is 0 Å². The predicted octanol–water partition coefficient (Wildman–Crippen LogP) is -1.33. The number of Topliss-reactive ketones (excluding diaryl/α,β-unsaturated/α-hetero) is 1. The van der Waals surface area contributed by atoms with Crippen LogP contribution in [0.15, 0.2) is 24.3 Å². The molecule has 0 amide bonds. The molecule has 2 aliphatic heterocycles. The zero-order chi connectivity index (χ0) is 25.6. The summed E-state index contributed by atoms with van der Waals surface area (Å²) in [5, 5.41) is 80.1. The third kappa shape index (κ3) is 4.18. The van der Waals surface area contributed by atoms with Crippen molar-refractivity contribution in [1.82, 2.24) is 0 Å². The first-order valence-electron chi connectivity index (χ1n) is 10.4. The summed E-state index contributed by atoms with van der Waals surface area (Å²) >= 11 is 0. The Hall–Kier alpha value is -3.33. The fourth-order valence-corrected chi connectivity index (χ4v) is 3.96. The molecule has 35 heavy (non-hydrogen) atoms. The van der Waals surface area contributed by atoms with Gasteiger partial charge in [-0.1, -0.05) is 6.07 Å². The van der Waals surface area contributed by atoms with Crippen LogP contribution in [0.3, 0.4) is 0 Å². The molecule has 13 heteroatoms. The molecule has 0 aromatic heterocycles. The molecular weight excluding hydrogens is 472 g/mol. The molecule has 2 unspecified atom stereocenters. The van der Waals surface area contributed by atoms with E-state index in [2.05, 4.69) is 0 Å². The van der Waals surface area contributed by atoms with Crippen molar-refractivity contribution in [2.45, 2.75) is 42.9 Å². The maximum Gasteiger partial charge on any atom is 0.229 e. The summed E-state index contributed by atoms with van der Waals surface area (Å²) in [6.45, 7) is -0.700. The standard InChI is InChI=1S/C22H24O13/c1-32-21-11(34-22-19(31)17(29)14(26)12(6-23)35-22)5-10-13(16(21)28)15(27)18(30)20(33-10)7-2-3-8(24)9(25)4-7/h2-5,12,14,17-20,22-26,28-31H,6H2,1H3/t12-,14-,17+,18?,19-,20?,22-/m1/s1. The molecule has 190 valence electrons. The topological polar surface area (TPSA) is 216 Å². The monoisotopic (exact) mass is 496 g/mol. The van der Waals surface area contributed by atoms with Crippen LogP contribution in [-0.4, -0.2) is 97.2 Å². The Morgan fingerprint density at radius 1 is 0.971 bits per heavy atom. The van der Waals surface area contributed by atoms with Crippen molar-refractivity contribution in [3.8, 4) is 34.5 Å². The largest absolute Gasteiger partial charge is 0.504 e. The minimum Gasteiger partial charge on any atom is -0.504 e. The van der Waals surface area contributed by atoms with E-state index in [1.165, 1.54) is 6.07 Å². The van der Waals surface area contributed by atoms with Gasteiger partial charge in [0.15, 0.2) is 35.2 Å². The normalized spacial score (nSPS) is 30.3. The summed E-state index contributed by atoms with van der Waals surface area (Å²) in [7, 11) is 1.15. The number of hydrogen-bond donors (Lipinski definition) is 8. The molecule has 4 rings (SSSR count). The van der Waals surface area contributed by atoms with Gasteiger partial charge in [0.1, 0.15) is 35.7 Å². The molecule has 7 atom stereocenters. The van der Waals surface area contributed by atoms with E-state index in [9.17, 15) is 45.6 Å². The van der Waals surface area contributed by atoms with Crippen molar-refractivity contribution < 1.29 is 64.6 Å². The van der Waals surface area contributed by atoms with Crippen molar-refractivity contribution in [2.75, 3.05) is 13.7 Å². The first-order chi connectivity index (χ1) is 16.6. The predicted molar refractivity (Wildman–Crippen MR) is 113 cm³/mol. The molecule has 13 nitrogen and oxygen atoms in total. The highest BCUT2D eigenvalue weighted by Gasteiger charge is 2.46. The van der Waals surface area contributed by atoms with Gasteiger partial charge >= 0.3 is 0 Å². The van der Waals surface area contributed by atoms with Gasteiger partial charge in [-0.3, -0.25) is 4.79 Å². The van der Waals surface area contributed by atoms with Crippen molar-refractivity contribution in [3.63, 3.8) is 0 Å². The SMILES string of the molecule is COc1c(O[C@@H]2O[C@H](CO)[C@@H](O)[C@H](O)[C@H]2O)cc2c(c1O)C(=O)C(O)C(c1ccc(O)c(O)c1)O2. The number of phenols is 3. The molecule has 0 radical (unpaired) electrons. The van der Waals surface area contributed by atoms with Crippen molar-refractivity contribution in [2.24, 2.45) is 0 Å². The Balaban J connectivity index is 1.72. The fraction of sp³-hybridized carbons (Fsp3) is 0.409. The fourth-order valence-electron chi connectivity index (χ4n) is 3.96. The van der Waals surface area contributed by atoms with E-state index in [1.54, 1.807) is 0 Å². The van der Waals surface area contributed by atoms with Crippen molar-refractivity contribution >= 4 is 5.78 Å². The van der Waals surface area contributed by atoms with E-state index in [1.807, 2.05) is 0 Å². The van der Waals surface area contributed by atoms with E-state index >= 15 is 0 Å². The number of carbonyl (C=O) groups excluding carboxylic acids is 1. The van der Waals surface area contributed by atoms with Crippen LogP contribution < -0.4 is 14.2 Å². The maximum absolute atomic E-state index is 12.9. The summed E-state index contributed by atoms with van der Waals surface area (Å²) in [5.74, 6) is -3.56. The number of hydrogen-bond acceptors (Lipinski definition) is 13. The molecule has 0 bridgehead atoms. The zero-order valence-electron chi connectivity index (χ0n) is 18.2. The van der Waals surface area contributed by atoms with Gasteiger partial charge in [-0.2, -0.15) is 0 Å². The Morgan fingerprint density at radius 2 is 1.69 bits per heavy atom. The van der Waals surface area contributed by atoms with Gasteiger partial charge in [-0.25, -0.2) is 0 Å². The molecule has 2 aromatic rings. The molecular formula is C22H24O13. The Labute approximate surface area is 197 Å². The highest BCUT2D eigenvalue weighted by molar-refractivity contribution is 6.06. The molecule has 2 aromatic carbocycles. The van der Waals surface area contributed by atoms with Gasteiger partial charge in [0.25, 0.3) is 0 Å². The summed E-state index contributed by atoms with van der Waals surface area (Å²) in [6, 6.07) is 4.67. The number of methoxy groups -OCH3 is 1. The first-order valence-corrected chi connectivity index (χ1v) is 10.4. The lowest BCUT2D eigenvalue weighted by molar-refractivity contribution is -0.277. The Kier molecular flexibility index (Phi) is 6.64. The second kappa shape index (κ2) is 9.37. The highest BCUT2D eigenvalue weighted by atomic mass is 16.7. The zero-order valence-corrected chi connectivity index (χ0v) is 18.2. The number of rotatable bonds is 5. The number of phenolic OH excluding ortho intramolecular Hbond substituents is 3. The second-order valence-electron chi connectivity index (χ2n) is 8.04. The van der Waals surface area contributed by atoms with Gasteiger partial charge in [0.05, 0.1) is 13.7 Å². The van der Waals surface area contributed by atoms with Crippen LogP contribution in [0.2, 0.25) is 0 Å². The number of benzene rings is 2. The van der Waals surface area contributed by atoms with E-state index in [4.69, 9.17) is 18.9 Å². The minimum absolute atomic E-state index is 0.138. The first kappa shape index (κ1) is 24.8. The molecule has 2 aliphatic rings. The number of ketones is 1. The third-order valence-electron chi connectivity index (χ3n) is 5.86. The Morgan fingerprint density at radius 3 is 2.31 bits per heavy atom. The highest BCUT2D eigenvalue weighted by Crippen LogP contribution is 2.49. The van der Waals surface area contributed by atoms with E-state index in [-0.39, 0.29) is 22.8 Å². The quantitative estimate of drug-likeness (QED) is 0.225. The van der Waals surface area contributed by atoms with Gasteiger partial charge in [0.2, 0.25) is 17.8 Å². The van der Waals surface area contributed by atoms with Gasteiger partial charge in [-0.05, 0) is 17.7 Å². The third-order valence-corrected chi connectivity index (χ3v) is 5.86. The van der Waals surface area contributed by atoms with Crippen LogP contribution in [0.1, 0.15) is 22.0 Å². The lowest BCUT2D eigenvalue weighted by Crippen LogP contribution is -2.60. The molecule has 1 saturated heterocycles. The average molecular weight is 496 g/mol. The van der Waals surface area contributed by atoms with Gasteiger partial charge < -0.3 is 59.8 Å². The maximum atomic E-state index is 12.9. The number of ether oxygens (including phenoxy) is 4. The molecule has 2 heterocycles. The van der Waals surface area contributed by atoms with Crippen molar-refractivity contribution in [1.29, 1.82) is 0 Å². The van der Waals surface area contributed by atoms with Crippen LogP contribution >= 0.6 is 0 Å². The number of aliphatic hydroxyl groups excluding tert-OH is 5. The van der Waals surface area contributed by atoms with Crippen LogP contribution in [-0.2, 0) is 4.74 Å². The number of fused-ring (bicyclic) bond motifs is 1. The number of aromatic hydroxyl groups is 3. The molecule has 0 spiro atoms. The minimum atomic E-state index is -1.79. The van der Waals surface area contributed by atoms with Crippen LogP contribution in [0.5, 0.6) is 34.5 Å². The average Bonchev–Trinajstić information content (AvgIpc) is 2.83. The molecule has 0 saturated carbocycles. The number of aliphatic hydroxyl groups is 5. The van der Waals surface area contributed by atoms with Crippen LogP contribution in [0.25, 0.3) is 0 Å². The summed E-state index contributed by atoms with van der Waals surface area (Å²) in [5.41, 5.74) is -0.284. The lowest BCUT2D eigenvalue weighted by Gasteiger charge is -2.39. The van der Waals surface area contributed by atoms with Gasteiger partial charge in [0, 0.05) is 6.07 Å². The van der Waals surface area contributed by atoms with Gasteiger partial charge in [-0.15, -0.1) is 0 Å². The lowest BCUT2D eigenvalue weighted by atomic mass is 9.92. The van der Waals surface area contributed by atoms with Crippen molar-refractivity contribution in [3.05, 3.63) is 35.4 Å². The molecule has 0 aliphatic carbocycles. The van der Waals surface area contributed by atoms with E-state index < -0.39 is 78.1 Å². The van der Waals surface area contributed by atoms with Crippen LogP contribution in [0.4, 0.5) is 0 Å². The molecule has 1 fully saturated rings. The second-order valence-corrected chi connectivity index (χ2v) is 8.04. The summed E-state index contributed by atoms with van der Waals surface area (Å²) < 4.78 is 21.7. The van der Waals surface area contributed by atoms with E-state index in [0.29, 0.717) is 0 Å².